The lowest BCUT2D eigenvalue weighted by Crippen LogP contribution is -2.52. The lowest BCUT2D eigenvalue weighted by atomic mass is 9.95. The molecule has 114 valence electrons. The van der Waals surface area contributed by atoms with E-state index in [1.54, 1.807) is 4.68 Å². The first kappa shape index (κ1) is 15.4. The summed E-state index contributed by atoms with van der Waals surface area (Å²) in [5, 5.41) is 17.3. The van der Waals surface area contributed by atoms with Gasteiger partial charge in [0.05, 0.1) is 11.8 Å². The minimum atomic E-state index is -3.62. The van der Waals surface area contributed by atoms with Gasteiger partial charge < -0.3 is 10.4 Å². The van der Waals surface area contributed by atoms with Gasteiger partial charge >= 0.3 is 0 Å². The molecule has 1 aromatic heterocycles. The van der Waals surface area contributed by atoms with Gasteiger partial charge in [0.15, 0.2) is 0 Å². The van der Waals surface area contributed by atoms with Gasteiger partial charge in [-0.05, 0) is 25.8 Å². The summed E-state index contributed by atoms with van der Waals surface area (Å²) in [5.41, 5.74) is -1.01. The number of nitrogens with one attached hydrogen (secondary N) is 2. The number of nitrogens with zero attached hydrogens (tertiary/aromatic N) is 2. The minimum absolute atomic E-state index is 0.0152. The molecular formula is C12H22N4O3S. The first-order valence-electron chi connectivity index (χ1n) is 6.90. The third kappa shape index (κ3) is 3.78. The number of aryl methyl sites for hydroxylation is 1. The van der Waals surface area contributed by atoms with Crippen molar-refractivity contribution in [3.05, 3.63) is 12.4 Å². The van der Waals surface area contributed by atoms with E-state index >= 15 is 0 Å². The van der Waals surface area contributed by atoms with Crippen LogP contribution in [0.5, 0.6) is 0 Å². The largest absolute Gasteiger partial charge is 0.387 e. The van der Waals surface area contributed by atoms with Gasteiger partial charge in [-0.15, -0.1) is 0 Å². The standard InChI is InChI=1S/C12H22N4O3S/c1-2-6-16-8-11(7-14-16)20(18,19)15-10-12(17)4-3-5-13-9-12/h7-8,13,15,17H,2-6,9-10H2,1H3/t12-/m1/s1. The van der Waals surface area contributed by atoms with Gasteiger partial charge in [-0.2, -0.15) is 5.10 Å². The normalized spacial score (nSPS) is 23.9. The highest BCUT2D eigenvalue weighted by Crippen LogP contribution is 2.16. The zero-order valence-corrected chi connectivity index (χ0v) is 12.5. The number of aromatic nitrogens is 2. The number of piperidine rings is 1. The molecule has 8 heteroatoms. The molecule has 1 aliphatic heterocycles. The molecule has 2 heterocycles. The van der Waals surface area contributed by atoms with Crippen molar-refractivity contribution in [3.8, 4) is 0 Å². The van der Waals surface area contributed by atoms with E-state index in [9.17, 15) is 13.5 Å². The number of rotatable bonds is 6. The van der Waals surface area contributed by atoms with Gasteiger partial charge in [-0.25, -0.2) is 13.1 Å². The van der Waals surface area contributed by atoms with Gasteiger partial charge in [-0.3, -0.25) is 4.68 Å². The lowest BCUT2D eigenvalue weighted by Gasteiger charge is -2.32. The Morgan fingerprint density at radius 3 is 3.05 bits per heavy atom. The van der Waals surface area contributed by atoms with Crippen LogP contribution in [0.15, 0.2) is 17.3 Å². The van der Waals surface area contributed by atoms with E-state index in [2.05, 4.69) is 15.1 Å². The number of β-amino-alcohol motifs (C(OH)–C–C–N with tert-alkyl or cyclic N) is 1. The summed E-state index contributed by atoms with van der Waals surface area (Å²) in [6, 6.07) is 0. The van der Waals surface area contributed by atoms with E-state index in [1.807, 2.05) is 6.92 Å². The Bertz CT molecular complexity index is 535. The molecule has 20 heavy (non-hydrogen) atoms. The molecule has 1 saturated heterocycles. The molecule has 7 nitrogen and oxygen atoms in total. The first-order valence-corrected chi connectivity index (χ1v) is 8.39. The van der Waals surface area contributed by atoms with Crippen LogP contribution in [-0.4, -0.2) is 48.5 Å². The third-order valence-corrected chi connectivity index (χ3v) is 4.77. The summed E-state index contributed by atoms with van der Waals surface area (Å²) in [6.07, 6.45) is 5.17. The molecule has 0 aliphatic carbocycles. The van der Waals surface area contributed by atoms with Gasteiger partial charge in [0.1, 0.15) is 4.90 Å². The Morgan fingerprint density at radius 2 is 2.40 bits per heavy atom. The van der Waals surface area contributed by atoms with E-state index in [0.717, 1.165) is 19.4 Å². The summed E-state index contributed by atoms with van der Waals surface area (Å²) in [5.74, 6) is 0. The molecule has 0 aromatic carbocycles. The number of hydrogen-bond donors (Lipinski definition) is 3. The average Bonchev–Trinajstić information content (AvgIpc) is 2.88. The van der Waals surface area contributed by atoms with Crippen LogP contribution in [0.4, 0.5) is 0 Å². The molecule has 3 N–H and O–H groups in total. The quantitative estimate of drug-likeness (QED) is 0.669. The molecule has 0 unspecified atom stereocenters. The molecule has 1 aromatic rings. The van der Waals surface area contributed by atoms with Gasteiger partial charge in [-0.1, -0.05) is 6.92 Å². The van der Waals surface area contributed by atoms with Crippen LogP contribution in [0.25, 0.3) is 0 Å². The lowest BCUT2D eigenvalue weighted by molar-refractivity contribution is 0.0218. The second-order valence-corrected chi connectivity index (χ2v) is 7.04. The smallest absolute Gasteiger partial charge is 0.243 e. The number of aliphatic hydroxyl groups is 1. The Balaban J connectivity index is 1.99. The van der Waals surface area contributed by atoms with Crippen LogP contribution in [0.1, 0.15) is 26.2 Å². The fourth-order valence-corrected chi connectivity index (χ4v) is 3.32. The molecule has 0 radical (unpaired) electrons. The summed E-state index contributed by atoms with van der Waals surface area (Å²) in [6.45, 7) is 3.97. The molecule has 0 saturated carbocycles. The van der Waals surface area contributed by atoms with Crippen LogP contribution in [0.2, 0.25) is 0 Å². The topological polar surface area (TPSA) is 96.2 Å². The van der Waals surface area contributed by atoms with Crippen molar-refractivity contribution in [3.63, 3.8) is 0 Å². The Labute approximate surface area is 119 Å². The third-order valence-electron chi connectivity index (χ3n) is 3.41. The number of sulfonamides is 1. The maximum atomic E-state index is 12.1. The SMILES string of the molecule is CCCn1cc(S(=O)(=O)NC[C@@]2(O)CCCNC2)cn1. The molecule has 0 spiro atoms. The van der Waals surface area contributed by atoms with Crippen molar-refractivity contribution in [1.29, 1.82) is 0 Å². The minimum Gasteiger partial charge on any atom is -0.387 e. The average molecular weight is 302 g/mol. The fourth-order valence-electron chi connectivity index (χ4n) is 2.25. The maximum Gasteiger partial charge on any atom is 0.243 e. The second-order valence-electron chi connectivity index (χ2n) is 5.27. The van der Waals surface area contributed by atoms with Crippen molar-refractivity contribution in [2.24, 2.45) is 0 Å². The first-order chi connectivity index (χ1) is 9.45. The predicted molar refractivity (Wildman–Crippen MR) is 74.8 cm³/mol. The fraction of sp³-hybridized carbons (Fsp3) is 0.750. The van der Waals surface area contributed by atoms with E-state index in [1.165, 1.54) is 12.4 Å². The summed E-state index contributed by atoms with van der Waals surface area (Å²) < 4.78 is 28.3. The van der Waals surface area contributed by atoms with E-state index in [-0.39, 0.29) is 11.4 Å². The highest BCUT2D eigenvalue weighted by molar-refractivity contribution is 7.89. The van der Waals surface area contributed by atoms with Gasteiger partial charge in [0.2, 0.25) is 10.0 Å². The van der Waals surface area contributed by atoms with Gasteiger partial charge in [0, 0.05) is 25.8 Å². The monoisotopic (exact) mass is 302 g/mol. The molecule has 1 atom stereocenters. The van der Waals surface area contributed by atoms with E-state index < -0.39 is 15.6 Å². The van der Waals surface area contributed by atoms with Crippen molar-refractivity contribution in [2.75, 3.05) is 19.6 Å². The Kier molecular flexibility index (Phi) is 4.79. The maximum absolute atomic E-state index is 12.1. The van der Waals surface area contributed by atoms with Crippen LogP contribution in [-0.2, 0) is 16.6 Å². The summed E-state index contributed by atoms with van der Waals surface area (Å²) in [4.78, 5) is 0.137. The van der Waals surface area contributed by atoms with Crippen molar-refractivity contribution in [1.82, 2.24) is 19.8 Å². The molecular weight excluding hydrogens is 280 g/mol. The highest BCUT2D eigenvalue weighted by atomic mass is 32.2. The predicted octanol–water partition coefficient (Wildman–Crippen LogP) is -0.314. The van der Waals surface area contributed by atoms with Crippen LogP contribution < -0.4 is 10.0 Å². The molecule has 1 aliphatic rings. The molecule has 2 rings (SSSR count). The van der Waals surface area contributed by atoms with E-state index in [0.29, 0.717) is 19.5 Å². The van der Waals surface area contributed by atoms with Gasteiger partial charge in [0.25, 0.3) is 0 Å². The summed E-state index contributed by atoms with van der Waals surface area (Å²) in [7, 11) is -3.62. The Morgan fingerprint density at radius 1 is 1.60 bits per heavy atom. The zero-order valence-electron chi connectivity index (χ0n) is 11.7. The van der Waals surface area contributed by atoms with Crippen molar-refractivity contribution in [2.45, 2.75) is 43.2 Å². The summed E-state index contributed by atoms with van der Waals surface area (Å²) >= 11 is 0. The van der Waals surface area contributed by atoms with Crippen LogP contribution in [0, 0.1) is 0 Å². The van der Waals surface area contributed by atoms with Crippen molar-refractivity contribution < 1.29 is 13.5 Å². The second kappa shape index (κ2) is 6.21. The Hall–Kier alpha value is -0.960. The van der Waals surface area contributed by atoms with Crippen molar-refractivity contribution >= 4 is 10.0 Å². The molecule has 0 amide bonds. The van der Waals surface area contributed by atoms with Crippen LogP contribution in [0.3, 0.4) is 0 Å². The van der Waals surface area contributed by atoms with Crippen LogP contribution >= 0.6 is 0 Å². The molecule has 1 fully saturated rings. The van der Waals surface area contributed by atoms with E-state index in [4.69, 9.17) is 0 Å². The zero-order chi connectivity index (χ0) is 14.6. The number of hydrogen-bond acceptors (Lipinski definition) is 5. The molecule has 0 bridgehead atoms. The highest BCUT2D eigenvalue weighted by Gasteiger charge is 2.31.